The minimum absolute atomic E-state index is 0.631. The zero-order valence-corrected chi connectivity index (χ0v) is 8.34. The van der Waals surface area contributed by atoms with E-state index in [1.165, 1.54) is 5.56 Å². The summed E-state index contributed by atoms with van der Waals surface area (Å²) in [5.74, 6) is 0.631. The molecule has 0 aliphatic heterocycles. The molecule has 74 valence electrons. The van der Waals surface area contributed by atoms with E-state index >= 15 is 0 Å². The van der Waals surface area contributed by atoms with E-state index in [2.05, 4.69) is 30.1 Å². The number of benzene rings is 1. The first-order chi connectivity index (χ1) is 7.33. The van der Waals surface area contributed by atoms with Crippen LogP contribution >= 0.6 is 0 Å². The molecule has 15 heavy (non-hydrogen) atoms. The summed E-state index contributed by atoms with van der Waals surface area (Å²) in [6.07, 6.45) is 5.44. The third-order valence-electron chi connectivity index (χ3n) is 2.41. The van der Waals surface area contributed by atoms with Crippen molar-refractivity contribution >= 4 is 5.84 Å². The van der Waals surface area contributed by atoms with Crippen LogP contribution in [0.2, 0.25) is 0 Å². The molecule has 3 heteroatoms. The van der Waals surface area contributed by atoms with Crippen molar-refractivity contribution in [1.29, 1.82) is 0 Å². The van der Waals surface area contributed by atoms with Gasteiger partial charge in [-0.05, 0) is 13.0 Å². The lowest BCUT2D eigenvalue weighted by Crippen LogP contribution is -1.78. The topological polar surface area (TPSA) is 30.4 Å². The molecule has 0 saturated heterocycles. The Morgan fingerprint density at radius 1 is 1.33 bits per heavy atom. The van der Waals surface area contributed by atoms with Gasteiger partial charge in [0, 0.05) is 18.0 Å². The van der Waals surface area contributed by atoms with Gasteiger partial charge >= 0.3 is 5.84 Å². The van der Waals surface area contributed by atoms with Gasteiger partial charge in [0.25, 0.3) is 0 Å². The fourth-order valence-electron chi connectivity index (χ4n) is 1.67. The van der Waals surface area contributed by atoms with Crippen molar-refractivity contribution in [1.82, 2.24) is 9.38 Å². The van der Waals surface area contributed by atoms with Gasteiger partial charge < -0.3 is 4.42 Å². The Kier molecular flexibility index (Phi) is 1.65. The van der Waals surface area contributed by atoms with Crippen molar-refractivity contribution in [2.75, 3.05) is 0 Å². The van der Waals surface area contributed by atoms with Gasteiger partial charge in [0.1, 0.15) is 6.26 Å². The Morgan fingerprint density at radius 2 is 2.27 bits per heavy atom. The normalized spacial score (nSPS) is 11.0. The smallest absolute Gasteiger partial charge is 0.306 e. The van der Waals surface area contributed by atoms with E-state index < -0.39 is 0 Å². The molecule has 2 aromatic heterocycles. The maximum Gasteiger partial charge on any atom is 0.306 e. The van der Waals surface area contributed by atoms with Crippen molar-refractivity contribution in [3.05, 3.63) is 48.5 Å². The number of oxazole rings is 1. The molecule has 0 amide bonds. The number of hydrogen-bond donors (Lipinski definition) is 0. The van der Waals surface area contributed by atoms with Crippen LogP contribution in [0.3, 0.4) is 0 Å². The lowest BCUT2D eigenvalue weighted by Gasteiger charge is -1.96. The van der Waals surface area contributed by atoms with Gasteiger partial charge in [-0.15, -0.1) is 0 Å². The molecule has 0 atom stereocenters. The van der Waals surface area contributed by atoms with Crippen molar-refractivity contribution in [3.63, 3.8) is 0 Å². The average molecular weight is 198 g/mol. The molecule has 0 saturated carbocycles. The first kappa shape index (κ1) is 8.29. The Morgan fingerprint density at radius 3 is 3.07 bits per heavy atom. The summed E-state index contributed by atoms with van der Waals surface area (Å²) in [5.41, 5.74) is 3.30. The second-order valence-corrected chi connectivity index (χ2v) is 3.59. The van der Waals surface area contributed by atoms with Gasteiger partial charge in [0.05, 0.1) is 5.69 Å². The van der Waals surface area contributed by atoms with Crippen LogP contribution in [0.4, 0.5) is 0 Å². The first-order valence-electron chi connectivity index (χ1n) is 4.82. The fourth-order valence-corrected chi connectivity index (χ4v) is 1.67. The summed E-state index contributed by atoms with van der Waals surface area (Å²) in [6.45, 7) is 2.07. The number of rotatable bonds is 1. The molecule has 3 aromatic rings. The third-order valence-corrected chi connectivity index (χ3v) is 2.41. The zero-order valence-electron chi connectivity index (χ0n) is 8.34. The van der Waals surface area contributed by atoms with E-state index in [0.29, 0.717) is 5.84 Å². The molecule has 3 rings (SSSR count). The minimum atomic E-state index is 0.631. The fraction of sp³-hybridized carbons (Fsp3) is 0.0833. The Balaban J connectivity index is 2.17. The first-order valence-corrected chi connectivity index (χ1v) is 4.82. The number of imidazole rings is 1. The SMILES string of the molecule is Cc1cccc(-c2cn3ccoc3n2)c1. The van der Waals surface area contributed by atoms with Gasteiger partial charge in [-0.1, -0.05) is 23.8 Å². The quantitative estimate of drug-likeness (QED) is 0.601. The maximum absolute atomic E-state index is 5.20. The standard InChI is InChI=1S/C12H10N2O/c1-9-3-2-4-10(7-9)11-8-14-5-6-15-12(14)13-11/h2-8H,1H3. The minimum Gasteiger partial charge on any atom is -0.432 e. The maximum atomic E-state index is 5.20. The highest BCUT2D eigenvalue weighted by Crippen LogP contribution is 2.20. The van der Waals surface area contributed by atoms with Crippen LogP contribution in [-0.2, 0) is 0 Å². The van der Waals surface area contributed by atoms with E-state index in [4.69, 9.17) is 4.42 Å². The highest BCUT2D eigenvalue weighted by Gasteiger charge is 2.05. The van der Waals surface area contributed by atoms with E-state index in [1.54, 1.807) is 6.26 Å². The number of hydrogen-bond acceptors (Lipinski definition) is 2. The van der Waals surface area contributed by atoms with Crippen molar-refractivity contribution < 1.29 is 4.42 Å². The molecule has 0 aliphatic rings. The summed E-state index contributed by atoms with van der Waals surface area (Å²) >= 11 is 0. The second-order valence-electron chi connectivity index (χ2n) is 3.59. The summed E-state index contributed by atoms with van der Waals surface area (Å²) in [5, 5.41) is 0. The van der Waals surface area contributed by atoms with Crippen LogP contribution in [0, 0.1) is 6.92 Å². The molecule has 1 aromatic carbocycles. The molecule has 0 radical (unpaired) electrons. The largest absolute Gasteiger partial charge is 0.432 e. The van der Waals surface area contributed by atoms with Crippen LogP contribution in [0.15, 0.2) is 47.3 Å². The summed E-state index contributed by atoms with van der Waals surface area (Å²) in [7, 11) is 0. The van der Waals surface area contributed by atoms with Gasteiger partial charge in [-0.2, -0.15) is 4.98 Å². The number of fused-ring (bicyclic) bond motifs is 1. The Bertz CT molecular complexity index is 578. The molecule has 2 heterocycles. The molecule has 3 nitrogen and oxygen atoms in total. The monoisotopic (exact) mass is 198 g/mol. The second kappa shape index (κ2) is 2.98. The van der Waals surface area contributed by atoms with Crippen molar-refractivity contribution in [2.24, 2.45) is 0 Å². The van der Waals surface area contributed by atoms with Gasteiger partial charge in [0.2, 0.25) is 0 Å². The molecule has 0 N–H and O–H groups in total. The van der Waals surface area contributed by atoms with E-state index in [9.17, 15) is 0 Å². The van der Waals surface area contributed by atoms with E-state index in [1.807, 2.05) is 22.9 Å². The summed E-state index contributed by atoms with van der Waals surface area (Å²) < 4.78 is 7.07. The zero-order chi connectivity index (χ0) is 10.3. The van der Waals surface area contributed by atoms with Gasteiger partial charge in [-0.3, -0.25) is 4.40 Å². The van der Waals surface area contributed by atoms with E-state index in [-0.39, 0.29) is 0 Å². The van der Waals surface area contributed by atoms with Crippen molar-refractivity contribution in [3.8, 4) is 11.3 Å². The van der Waals surface area contributed by atoms with Crippen LogP contribution in [0.25, 0.3) is 17.1 Å². The Labute approximate surface area is 87.0 Å². The Hall–Kier alpha value is -2.03. The highest BCUT2D eigenvalue weighted by atomic mass is 16.3. The number of nitrogens with zero attached hydrogens (tertiary/aromatic N) is 2. The van der Waals surface area contributed by atoms with Gasteiger partial charge in [0.15, 0.2) is 0 Å². The third kappa shape index (κ3) is 1.32. The molecule has 0 spiro atoms. The molecule has 0 fully saturated rings. The predicted molar refractivity (Wildman–Crippen MR) is 57.6 cm³/mol. The van der Waals surface area contributed by atoms with Crippen LogP contribution in [0.5, 0.6) is 0 Å². The van der Waals surface area contributed by atoms with Crippen LogP contribution < -0.4 is 0 Å². The summed E-state index contributed by atoms with van der Waals surface area (Å²) in [6, 6.07) is 8.27. The van der Waals surface area contributed by atoms with Gasteiger partial charge in [-0.25, -0.2) is 0 Å². The predicted octanol–water partition coefficient (Wildman–Crippen LogP) is 2.90. The number of aromatic nitrogens is 2. The summed E-state index contributed by atoms with van der Waals surface area (Å²) in [4.78, 5) is 4.38. The lowest BCUT2D eigenvalue weighted by molar-refractivity contribution is 0.596. The average Bonchev–Trinajstić information content (AvgIpc) is 2.76. The highest BCUT2D eigenvalue weighted by molar-refractivity contribution is 5.61. The number of aryl methyl sites for hydroxylation is 1. The molecule has 0 aliphatic carbocycles. The van der Waals surface area contributed by atoms with Crippen LogP contribution in [0.1, 0.15) is 5.56 Å². The molecular formula is C12H10N2O. The molecular weight excluding hydrogens is 188 g/mol. The molecule has 0 unspecified atom stereocenters. The van der Waals surface area contributed by atoms with Crippen LogP contribution in [-0.4, -0.2) is 9.38 Å². The lowest BCUT2D eigenvalue weighted by atomic mass is 10.1. The van der Waals surface area contributed by atoms with E-state index in [0.717, 1.165) is 11.3 Å². The van der Waals surface area contributed by atoms with Crippen molar-refractivity contribution in [2.45, 2.75) is 6.92 Å². The molecule has 0 bridgehead atoms.